The maximum atomic E-state index is 11.0. The molecule has 2 rings (SSSR count). The number of hydrogen-bond donors (Lipinski definition) is 2. The molecule has 0 aliphatic carbocycles. The van der Waals surface area contributed by atoms with Gasteiger partial charge in [-0.2, -0.15) is 0 Å². The van der Waals surface area contributed by atoms with Crippen molar-refractivity contribution in [2.45, 2.75) is 0 Å². The molecule has 104 valence electrons. The fourth-order valence-electron chi connectivity index (χ4n) is 2.38. The Bertz CT molecular complexity index is 462. The van der Waals surface area contributed by atoms with Gasteiger partial charge in [-0.1, -0.05) is 11.6 Å². The number of nitrogens with one attached hydrogen (secondary N) is 1. The van der Waals surface area contributed by atoms with E-state index in [0.717, 1.165) is 32.7 Å². The second-order valence-corrected chi connectivity index (χ2v) is 5.04. The second-order valence-electron chi connectivity index (χ2n) is 4.60. The molecule has 0 bridgehead atoms. The van der Waals surface area contributed by atoms with Crippen LogP contribution in [0.15, 0.2) is 18.2 Å². The summed E-state index contributed by atoms with van der Waals surface area (Å²) in [6.45, 7) is 4.10. The summed E-state index contributed by atoms with van der Waals surface area (Å²) in [4.78, 5) is 14.0. The molecule has 1 aliphatic heterocycles. The molecular weight excluding hydrogens is 270 g/mol. The van der Waals surface area contributed by atoms with Crippen LogP contribution < -0.4 is 9.80 Å². The summed E-state index contributed by atoms with van der Waals surface area (Å²) in [5.74, 6) is 0. The topological polar surface area (TPSA) is 71.0 Å². The van der Waals surface area contributed by atoms with Crippen LogP contribution in [0.2, 0.25) is 5.02 Å². The Morgan fingerprint density at radius 2 is 2.11 bits per heavy atom. The number of aliphatic hydroxyl groups excluding tert-OH is 1. The molecule has 0 radical (unpaired) electrons. The average Bonchev–Trinajstić information content (AvgIpc) is 2.39. The number of hydrogen-bond acceptors (Lipinski definition) is 4. The smallest absolute Gasteiger partial charge is 0.292 e. The Morgan fingerprint density at radius 1 is 1.42 bits per heavy atom. The van der Waals surface area contributed by atoms with Crippen LogP contribution in [0.5, 0.6) is 0 Å². The summed E-state index contributed by atoms with van der Waals surface area (Å²) in [7, 11) is 0. The molecule has 1 fully saturated rings. The zero-order valence-corrected chi connectivity index (χ0v) is 11.3. The molecule has 1 aliphatic rings. The summed E-state index contributed by atoms with van der Waals surface area (Å²) in [6, 6.07) is 4.64. The number of nitrogens with zero attached hydrogens (tertiary/aromatic N) is 2. The van der Waals surface area contributed by atoms with Crippen molar-refractivity contribution < 1.29 is 14.9 Å². The minimum atomic E-state index is -0.376. The molecule has 1 saturated heterocycles. The highest BCUT2D eigenvalue weighted by atomic mass is 35.5. The fourth-order valence-corrected chi connectivity index (χ4v) is 2.54. The van der Waals surface area contributed by atoms with Crippen molar-refractivity contribution in [3.05, 3.63) is 33.3 Å². The molecule has 1 aromatic carbocycles. The molecular formula is C12H17ClN3O3+. The molecule has 0 aromatic heterocycles. The van der Waals surface area contributed by atoms with Crippen molar-refractivity contribution >= 4 is 23.0 Å². The van der Waals surface area contributed by atoms with Crippen LogP contribution in [0.1, 0.15) is 0 Å². The highest BCUT2D eigenvalue weighted by Gasteiger charge is 2.25. The Labute approximate surface area is 116 Å². The highest BCUT2D eigenvalue weighted by Crippen LogP contribution is 2.30. The van der Waals surface area contributed by atoms with Gasteiger partial charge in [-0.25, -0.2) is 0 Å². The predicted molar refractivity (Wildman–Crippen MR) is 73.0 cm³/mol. The van der Waals surface area contributed by atoms with Gasteiger partial charge in [0.1, 0.15) is 12.2 Å². The number of nitro groups is 1. The molecule has 0 saturated carbocycles. The van der Waals surface area contributed by atoms with Crippen molar-refractivity contribution in [2.75, 3.05) is 44.2 Å². The van der Waals surface area contributed by atoms with Crippen molar-refractivity contribution in [3.63, 3.8) is 0 Å². The van der Waals surface area contributed by atoms with Crippen LogP contribution in [-0.4, -0.2) is 49.4 Å². The van der Waals surface area contributed by atoms with Gasteiger partial charge in [0.05, 0.1) is 37.7 Å². The summed E-state index contributed by atoms with van der Waals surface area (Å²) < 4.78 is 0. The van der Waals surface area contributed by atoms with Crippen molar-refractivity contribution in [1.29, 1.82) is 0 Å². The highest BCUT2D eigenvalue weighted by molar-refractivity contribution is 6.31. The number of nitro benzene ring substituents is 1. The quantitative estimate of drug-likeness (QED) is 0.601. The number of anilines is 1. The Kier molecular flexibility index (Phi) is 4.57. The Hall–Kier alpha value is -1.37. The third-order valence-corrected chi connectivity index (χ3v) is 3.65. The molecule has 1 heterocycles. The fraction of sp³-hybridized carbons (Fsp3) is 0.500. The number of quaternary nitrogens is 1. The van der Waals surface area contributed by atoms with Crippen molar-refractivity contribution in [3.8, 4) is 0 Å². The number of benzene rings is 1. The molecule has 0 atom stereocenters. The van der Waals surface area contributed by atoms with E-state index in [9.17, 15) is 10.1 Å². The van der Waals surface area contributed by atoms with Gasteiger partial charge in [-0.05, 0) is 12.1 Å². The Morgan fingerprint density at radius 3 is 2.68 bits per heavy atom. The van der Waals surface area contributed by atoms with E-state index in [1.807, 2.05) is 4.90 Å². The third kappa shape index (κ3) is 3.34. The molecule has 0 spiro atoms. The van der Waals surface area contributed by atoms with E-state index in [-0.39, 0.29) is 17.2 Å². The van der Waals surface area contributed by atoms with Crippen LogP contribution in [0.25, 0.3) is 0 Å². The zero-order chi connectivity index (χ0) is 13.8. The molecule has 2 N–H and O–H groups in total. The number of halogens is 1. The normalized spacial score (nSPS) is 16.6. The van der Waals surface area contributed by atoms with Crippen molar-refractivity contribution in [1.82, 2.24) is 0 Å². The van der Waals surface area contributed by atoms with Gasteiger partial charge < -0.3 is 14.9 Å². The third-order valence-electron chi connectivity index (χ3n) is 3.41. The zero-order valence-electron chi connectivity index (χ0n) is 10.5. The molecule has 1 aromatic rings. The maximum Gasteiger partial charge on any atom is 0.292 e. The first-order chi connectivity index (χ1) is 9.11. The first-order valence-electron chi connectivity index (χ1n) is 6.25. The number of aliphatic hydroxyl groups is 1. The van der Waals surface area contributed by atoms with E-state index in [1.165, 1.54) is 17.0 Å². The average molecular weight is 287 g/mol. The van der Waals surface area contributed by atoms with Gasteiger partial charge in [-0.15, -0.1) is 0 Å². The van der Waals surface area contributed by atoms with E-state index in [1.54, 1.807) is 6.07 Å². The maximum absolute atomic E-state index is 11.0. The van der Waals surface area contributed by atoms with E-state index in [2.05, 4.69) is 0 Å². The first-order valence-corrected chi connectivity index (χ1v) is 6.63. The number of piperazine rings is 1. The van der Waals surface area contributed by atoms with E-state index in [0.29, 0.717) is 10.7 Å². The predicted octanol–water partition coefficient (Wildman–Crippen LogP) is -0.0546. The van der Waals surface area contributed by atoms with Crippen LogP contribution in [0.3, 0.4) is 0 Å². The largest absolute Gasteiger partial charge is 0.391 e. The monoisotopic (exact) mass is 286 g/mol. The van der Waals surface area contributed by atoms with Crippen LogP contribution >= 0.6 is 11.6 Å². The van der Waals surface area contributed by atoms with Gasteiger partial charge >= 0.3 is 0 Å². The summed E-state index contributed by atoms with van der Waals surface area (Å²) >= 11 is 5.93. The molecule has 0 amide bonds. The van der Waals surface area contributed by atoms with Gasteiger partial charge in [-0.3, -0.25) is 10.1 Å². The lowest BCUT2D eigenvalue weighted by Gasteiger charge is -2.33. The number of rotatable bonds is 4. The second kappa shape index (κ2) is 6.18. The van der Waals surface area contributed by atoms with Gasteiger partial charge in [0.15, 0.2) is 0 Å². The molecule has 7 heteroatoms. The molecule has 6 nitrogen and oxygen atoms in total. The molecule has 19 heavy (non-hydrogen) atoms. The van der Waals surface area contributed by atoms with E-state index < -0.39 is 0 Å². The van der Waals surface area contributed by atoms with Crippen LogP contribution in [-0.2, 0) is 0 Å². The minimum absolute atomic E-state index is 0.0926. The van der Waals surface area contributed by atoms with Gasteiger partial charge in [0.2, 0.25) is 0 Å². The van der Waals surface area contributed by atoms with Gasteiger partial charge in [0, 0.05) is 11.1 Å². The lowest BCUT2D eigenvalue weighted by atomic mass is 10.2. The molecule has 0 unspecified atom stereocenters. The minimum Gasteiger partial charge on any atom is -0.391 e. The Balaban J connectivity index is 2.14. The van der Waals surface area contributed by atoms with Gasteiger partial charge in [0.25, 0.3) is 5.69 Å². The SMILES string of the molecule is O=[N+]([O-])c1ccc(Cl)cc1N1CC[NH+](CCO)CC1. The first kappa shape index (κ1) is 14.0. The van der Waals surface area contributed by atoms with E-state index in [4.69, 9.17) is 16.7 Å². The van der Waals surface area contributed by atoms with Crippen LogP contribution in [0.4, 0.5) is 11.4 Å². The summed E-state index contributed by atoms with van der Waals surface area (Å²) in [5, 5.41) is 20.5. The van der Waals surface area contributed by atoms with Crippen molar-refractivity contribution in [2.24, 2.45) is 0 Å². The standard InChI is InChI=1S/C12H16ClN3O3/c13-10-1-2-11(16(18)19)12(9-10)15-5-3-14(4-6-15)7-8-17/h1-2,9,17H,3-8H2/p+1. The summed E-state index contributed by atoms with van der Waals surface area (Å²) in [5.41, 5.74) is 0.676. The van der Waals surface area contributed by atoms with Crippen LogP contribution in [0, 0.1) is 10.1 Å². The summed E-state index contributed by atoms with van der Waals surface area (Å²) in [6.07, 6.45) is 0. The lowest BCUT2D eigenvalue weighted by molar-refractivity contribution is -0.900. The lowest BCUT2D eigenvalue weighted by Crippen LogP contribution is -3.15. The van der Waals surface area contributed by atoms with E-state index >= 15 is 0 Å².